The zero-order valence-electron chi connectivity index (χ0n) is 14.8. The molecule has 2 aromatic carbocycles. The topological polar surface area (TPSA) is 18.5 Å². The molecular formula is C19H26FO2P3. The van der Waals surface area contributed by atoms with Crippen molar-refractivity contribution in [3.05, 3.63) is 57.9 Å². The Labute approximate surface area is 156 Å². The van der Waals surface area contributed by atoms with Crippen LogP contribution in [0, 0.1) is 5.82 Å². The molecule has 3 atom stereocenters. The largest absolute Gasteiger partial charge is 0.380 e. The van der Waals surface area contributed by atoms with Gasteiger partial charge in [0.2, 0.25) is 0 Å². The monoisotopic (exact) mass is 398 g/mol. The smallest absolute Gasteiger partial charge is 0.131 e. The lowest BCUT2D eigenvalue weighted by molar-refractivity contribution is 0.182. The summed E-state index contributed by atoms with van der Waals surface area (Å²) in [7, 11) is 11.5. The Balaban J connectivity index is 2.69. The predicted octanol–water partition coefficient (Wildman–Crippen LogP) is 4.91. The normalized spacial score (nSPS) is 11.1. The van der Waals surface area contributed by atoms with Crippen LogP contribution in [0.3, 0.4) is 0 Å². The van der Waals surface area contributed by atoms with Gasteiger partial charge in [-0.15, -0.1) is 27.7 Å². The van der Waals surface area contributed by atoms with Crippen LogP contribution in [-0.2, 0) is 41.2 Å². The fraction of sp³-hybridized carbons (Fsp3) is 0.368. The highest BCUT2D eigenvalue weighted by Gasteiger charge is 2.16. The first-order chi connectivity index (χ1) is 12.1. The molecule has 0 aliphatic carbocycles. The molecule has 0 spiro atoms. The summed E-state index contributed by atoms with van der Waals surface area (Å²) in [6.45, 7) is 0.951. The molecule has 0 heterocycles. The van der Waals surface area contributed by atoms with Crippen molar-refractivity contribution in [2.75, 3.05) is 14.2 Å². The van der Waals surface area contributed by atoms with E-state index >= 15 is 0 Å². The molecule has 0 saturated heterocycles. The maximum Gasteiger partial charge on any atom is 0.131 e. The number of halogens is 1. The van der Waals surface area contributed by atoms with Crippen molar-refractivity contribution in [3.8, 4) is 11.1 Å². The van der Waals surface area contributed by atoms with Gasteiger partial charge in [0.25, 0.3) is 0 Å². The predicted molar refractivity (Wildman–Crippen MR) is 114 cm³/mol. The molecule has 0 saturated carbocycles. The Kier molecular flexibility index (Phi) is 8.40. The highest BCUT2D eigenvalue weighted by molar-refractivity contribution is 7.16. The van der Waals surface area contributed by atoms with Crippen molar-refractivity contribution in [3.63, 3.8) is 0 Å². The SMILES string of the molecule is COCc1cc(-c2cc(CP)c(CP)cc2F)c(COC)cc1CP. The molecule has 0 bridgehead atoms. The average molecular weight is 398 g/mol. The van der Waals surface area contributed by atoms with E-state index in [1.54, 1.807) is 20.3 Å². The zero-order valence-corrected chi connectivity index (χ0v) is 18.2. The molecule has 0 aliphatic heterocycles. The highest BCUT2D eigenvalue weighted by atomic mass is 31.0. The Hall–Kier alpha value is -0.420. The van der Waals surface area contributed by atoms with Gasteiger partial charge in [-0.05, 0) is 70.1 Å². The molecule has 0 aromatic heterocycles. The van der Waals surface area contributed by atoms with Crippen molar-refractivity contribution < 1.29 is 13.9 Å². The van der Waals surface area contributed by atoms with Gasteiger partial charge in [-0.3, -0.25) is 0 Å². The molecule has 0 N–H and O–H groups in total. The van der Waals surface area contributed by atoms with Gasteiger partial charge in [-0.2, -0.15) is 0 Å². The van der Waals surface area contributed by atoms with Gasteiger partial charge in [0.05, 0.1) is 13.2 Å². The number of hydrogen-bond acceptors (Lipinski definition) is 2. The van der Waals surface area contributed by atoms with Crippen molar-refractivity contribution in [2.24, 2.45) is 0 Å². The molecule has 0 radical (unpaired) electrons. The van der Waals surface area contributed by atoms with Crippen LogP contribution in [0.1, 0.15) is 27.8 Å². The average Bonchev–Trinajstić information content (AvgIpc) is 2.62. The van der Waals surface area contributed by atoms with E-state index in [2.05, 4.69) is 33.8 Å². The summed E-state index contributed by atoms with van der Waals surface area (Å²) < 4.78 is 25.6. The zero-order chi connectivity index (χ0) is 18.4. The number of hydrogen-bond donors (Lipinski definition) is 0. The van der Waals surface area contributed by atoms with E-state index in [1.165, 1.54) is 5.56 Å². The lowest BCUT2D eigenvalue weighted by Crippen LogP contribution is -2.02. The Morgan fingerprint density at radius 3 is 1.72 bits per heavy atom. The van der Waals surface area contributed by atoms with Crippen LogP contribution < -0.4 is 0 Å². The minimum atomic E-state index is -0.195. The summed E-state index contributed by atoms with van der Waals surface area (Å²) in [4.78, 5) is 0. The van der Waals surface area contributed by atoms with Crippen LogP contribution in [-0.4, -0.2) is 14.2 Å². The van der Waals surface area contributed by atoms with E-state index in [-0.39, 0.29) is 5.82 Å². The second kappa shape index (κ2) is 10.1. The standard InChI is InChI=1S/C19H26FO2P3/c1-21-7-12-4-17(13(8-22-2)3-14(12)9-23)18-5-15(10-24)16(11-25)6-19(18)20/h3-6H,7-11,23-25H2,1-2H3. The van der Waals surface area contributed by atoms with Gasteiger partial charge < -0.3 is 9.47 Å². The molecule has 136 valence electrons. The van der Waals surface area contributed by atoms with Gasteiger partial charge in [0.15, 0.2) is 0 Å². The van der Waals surface area contributed by atoms with Crippen molar-refractivity contribution in [2.45, 2.75) is 31.7 Å². The molecule has 3 unspecified atom stereocenters. The molecule has 6 heteroatoms. The number of methoxy groups -OCH3 is 2. The van der Waals surface area contributed by atoms with Crippen LogP contribution >= 0.6 is 27.7 Å². The number of rotatable bonds is 8. The van der Waals surface area contributed by atoms with E-state index < -0.39 is 0 Å². The first-order valence-corrected chi connectivity index (χ1v) is 10.6. The van der Waals surface area contributed by atoms with Gasteiger partial charge >= 0.3 is 0 Å². The minimum Gasteiger partial charge on any atom is -0.380 e. The lowest BCUT2D eigenvalue weighted by Gasteiger charge is -2.18. The van der Waals surface area contributed by atoms with Gasteiger partial charge in [0, 0.05) is 19.8 Å². The molecule has 0 aliphatic rings. The van der Waals surface area contributed by atoms with Gasteiger partial charge in [-0.1, -0.05) is 6.07 Å². The third-order valence-electron chi connectivity index (χ3n) is 4.26. The van der Waals surface area contributed by atoms with Crippen LogP contribution in [0.2, 0.25) is 0 Å². The summed E-state index contributed by atoms with van der Waals surface area (Å²) in [5, 5.41) is 0. The van der Waals surface area contributed by atoms with Crippen molar-refractivity contribution in [1.29, 1.82) is 0 Å². The Morgan fingerprint density at radius 2 is 1.16 bits per heavy atom. The van der Waals surface area contributed by atoms with E-state index in [4.69, 9.17) is 9.47 Å². The van der Waals surface area contributed by atoms with Crippen LogP contribution in [0.25, 0.3) is 11.1 Å². The fourth-order valence-electron chi connectivity index (χ4n) is 2.99. The Morgan fingerprint density at radius 1 is 0.680 bits per heavy atom. The second-order valence-electron chi connectivity index (χ2n) is 5.86. The molecule has 2 nitrogen and oxygen atoms in total. The minimum absolute atomic E-state index is 0.195. The van der Waals surface area contributed by atoms with Gasteiger partial charge in [-0.25, -0.2) is 4.39 Å². The van der Waals surface area contributed by atoms with Crippen molar-refractivity contribution >= 4 is 27.7 Å². The number of ether oxygens (including phenoxy) is 2. The van der Waals surface area contributed by atoms with Crippen LogP contribution in [0.4, 0.5) is 4.39 Å². The number of benzene rings is 2. The maximum atomic E-state index is 14.9. The summed E-state index contributed by atoms with van der Waals surface area (Å²) in [6.07, 6.45) is 2.36. The Bertz CT molecular complexity index is 735. The molecule has 2 aromatic rings. The summed E-state index contributed by atoms with van der Waals surface area (Å²) >= 11 is 0. The van der Waals surface area contributed by atoms with Gasteiger partial charge in [0.1, 0.15) is 5.82 Å². The van der Waals surface area contributed by atoms with E-state index in [1.807, 2.05) is 12.1 Å². The fourth-order valence-corrected chi connectivity index (χ4v) is 4.13. The van der Waals surface area contributed by atoms with Crippen molar-refractivity contribution in [1.82, 2.24) is 0 Å². The van der Waals surface area contributed by atoms with Crippen LogP contribution in [0.5, 0.6) is 0 Å². The van der Waals surface area contributed by atoms with Crippen LogP contribution in [0.15, 0.2) is 24.3 Å². The molecule has 25 heavy (non-hydrogen) atoms. The summed E-state index contributed by atoms with van der Waals surface area (Å²) in [5.41, 5.74) is 6.91. The molecule has 0 fully saturated rings. The van der Waals surface area contributed by atoms with E-state index in [0.717, 1.165) is 46.3 Å². The molecule has 2 rings (SSSR count). The maximum absolute atomic E-state index is 14.9. The highest BCUT2D eigenvalue weighted by Crippen LogP contribution is 2.34. The van der Waals surface area contributed by atoms with E-state index in [9.17, 15) is 4.39 Å². The lowest BCUT2D eigenvalue weighted by atomic mass is 9.92. The first-order valence-electron chi connectivity index (χ1n) is 8.13. The van der Waals surface area contributed by atoms with E-state index in [0.29, 0.717) is 18.8 Å². The summed E-state index contributed by atoms with van der Waals surface area (Å²) in [5.74, 6) is -0.195. The molecular weight excluding hydrogens is 372 g/mol. The first kappa shape index (κ1) is 20.9. The third-order valence-corrected chi connectivity index (χ3v) is 5.58. The summed E-state index contributed by atoms with van der Waals surface area (Å²) in [6, 6.07) is 7.76. The third kappa shape index (κ3) is 4.85. The second-order valence-corrected chi connectivity index (χ2v) is 7.08. The quantitative estimate of drug-likeness (QED) is 0.589. The molecule has 0 amide bonds.